The molecule has 0 spiro atoms. The topological polar surface area (TPSA) is 135 Å². The van der Waals surface area contributed by atoms with E-state index >= 15 is 0 Å². The molecule has 0 unspecified atom stereocenters. The fourth-order valence-corrected chi connectivity index (χ4v) is 3.88. The summed E-state index contributed by atoms with van der Waals surface area (Å²) in [6, 6.07) is 11.7. The Bertz CT molecular complexity index is 1130. The number of ketones is 1. The van der Waals surface area contributed by atoms with Gasteiger partial charge in [0.15, 0.2) is 17.3 Å². The Labute approximate surface area is 194 Å². The molecule has 0 saturated heterocycles. The van der Waals surface area contributed by atoms with E-state index in [-0.39, 0.29) is 35.3 Å². The zero-order valence-electron chi connectivity index (χ0n) is 18.0. The van der Waals surface area contributed by atoms with Crippen molar-refractivity contribution >= 4 is 40.8 Å². The molecule has 0 saturated carbocycles. The SMILES string of the molecule is CC(=N)/C(C(C)=O)=C(/O)COC(=O)c1ccccc1SCC(=O)Nc1ccc2c(c1)OCO2. The molecule has 1 aliphatic heterocycles. The Morgan fingerprint density at radius 1 is 1.12 bits per heavy atom. The maximum absolute atomic E-state index is 12.5. The lowest BCUT2D eigenvalue weighted by Crippen LogP contribution is -2.16. The first kappa shape index (κ1) is 23.9. The van der Waals surface area contributed by atoms with Crippen LogP contribution in [0, 0.1) is 5.41 Å². The second kappa shape index (κ2) is 10.7. The zero-order valence-corrected chi connectivity index (χ0v) is 18.8. The van der Waals surface area contributed by atoms with Crippen LogP contribution < -0.4 is 14.8 Å². The Hall–Kier alpha value is -3.79. The van der Waals surface area contributed by atoms with Crippen molar-refractivity contribution in [1.29, 1.82) is 5.41 Å². The number of thioether (sulfide) groups is 1. The first-order valence-corrected chi connectivity index (χ1v) is 10.8. The summed E-state index contributed by atoms with van der Waals surface area (Å²) in [7, 11) is 0. The molecule has 2 aromatic carbocycles. The summed E-state index contributed by atoms with van der Waals surface area (Å²) in [6.45, 7) is 2.16. The average molecular weight is 471 g/mol. The molecule has 0 fully saturated rings. The standard InChI is InChI=1S/C23H22N2O7S/c1-13(24)22(14(2)26)17(27)10-30-23(29)16-5-3-4-6-20(16)33-11-21(28)25-15-7-8-18-19(9-15)32-12-31-18/h3-9,24,27H,10-12H2,1-2H3,(H,25,28)/b22-17-,24-13?. The van der Waals surface area contributed by atoms with Crippen LogP contribution in [-0.2, 0) is 14.3 Å². The van der Waals surface area contributed by atoms with Gasteiger partial charge in [-0.25, -0.2) is 4.79 Å². The largest absolute Gasteiger partial charge is 0.508 e. The molecule has 3 rings (SSSR count). The third-order valence-electron chi connectivity index (χ3n) is 4.48. The van der Waals surface area contributed by atoms with Crippen molar-refractivity contribution in [2.24, 2.45) is 0 Å². The third kappa shape index (κ3) is 6.13. The quantitative estimate of drug-likeness (QED) is 0.166. The number of benzene rings is 2. The van der Waals surface area contributed by atoms with Gasteiger partial charge in [0.05, 0.1) is 16.9 Å². The normalized spacial score (nSPS) is 12.5. The number of Topliss-reactive ketones (excluding diaryl/α,β-unsaturated/α-hetero) is 1. The van der Waals surface area contributed by atoms with Crippen LogP contribution in [0.15, 0.2) is 58.7 Å². The lowest BCUT2D eigenvalue weighted by Gasteiger charge is -2.11. The highest BCUT2D eigenvalue weighted by molar-refractivity contribution is 8.00. The van der Waals surface area contributed by atoms with Crippen LogP contribution in [0.3, 0.4) is 0 Å². The van der Waals surface area contributed by atoms with Gasteiger partial charge in [-0.15, -0.1) is 11.8 Å². The molecule has 0 aromatic heterocycles. The van der Waals surface area contributed by atoms with E-state index in [0.717, 1.165) is 11.8 Å². The number of esters is 1. The van der Waals surface area contributed by atoms with E-state index < -0.39 is 24.1 Å². The first-order valence-electron chi connectivity index (χ1n) is 9.83. The molecular weight excluding hydrogens is 448 g/mol. The number of anilines is 1. The van der Waals surface area contributed by atoms with Crippen LogP contribution in [-0.4, -0.2) is 47.6 Å². The second-order valence-electron chi connectivity index (χ2n) is 6.98. The van der Waals surface area contributed by atoms with Crippen molar-refractivity contribution in [2.75, 3.05) is 24.5 Å². The van der Waals surface area contributed by atoms with Gasteiger partial charge in [-0.1, -0.05) is 12.1 Å². The van der Waals surface area contributed by atoms with Crippen molar-refractivity contribution in [3.63, 3.8) is 0 Å². The number of carbonyl (C=O) groups excluding carboxylic acids is 3. The number of aliphatic hydroxyl groups is 1. The fourth-order valence-electron chi connectivity index (χ4n) is 3.04. The lowest BCUT2D eigenvalue weighted by atomic mass is 10.1. The molecule has 1 amide bonds. The van der Waals surface area contributed by atoms with E-state index in [1.165, 1.54) is 19.9 Å². The summed E-state index contributed by atoms with van der Waals surface area (Å²) in [4.78, 5) is 37.0. The number of hydrogen-bond donors (Lipinski definition) is 3. The Morgan fingerprint density at radius 3 is 2.58 bits per heavy atom. The predicted octanol–water partition coefficient (Wildman–Crippen LogP) is 3.74. The number of rotatable bonds is 9. The molecule has 33 heavy (non-hydrogen) atoms. The number of aliphatic hydroxyl groups excluding tert-OH is 1. The maximum atomic E-state index is 12.5. The van der Waals surface area contributed by atoms with Crippen LogP contribution in [0.25, 0.3) is 0 Å². The third-order valence-corrected chi connectivity index (χ3v) is 5.55. The van der Waals surface area contributed by atoms with E-state index in [4.69, 9.17) is 19.6 Å². The van der Waals surface area contributed by atoms with Gasteiger partial charge >= 0.3 is 5.97 Å². The summed E-state index contributed by atoms with van der Waals surface area (Å²) in [5.74, 6) is -0.803. The van der Waals surface area contributed by atoms with Gasteiger partial charge in [0, 0.05) is 22.4 Å². The van der Waals surface area contributed by atoms with Crippen molar-refractivity contribution in [1.82, 2.24) is 0 Å². The van der Waals surface area contributed by atoms with Gasteiger partial charge < -0.3 is 30.0 Å². The van der Waals surface area contributed by atoms with Gasteiger partial charge in [-0.2, -0.15) is 0 Å². The van der Waals surface area contributed by atoms with Gasteiger partial charge in [-0.05, 0) is 38.1 Å². The molecule has 9 nitrogen and oxygen atoms in total. The van der Waals surface area contributed by atoms with Crippen LogP contribution >= 0.6 is 11.8 Å². The van der Waals surface area contributed by atoms with E-state index in [9.17, 15) is 19.5 Å². The van der Waals surface area contributed by atoms with E-state index in [1.807, 2.05) is 0 Å². The Kier molecular flexibility index (Phi) is 7.73. The van der Waals surface area contributed by atoms with Crippen LogP contribution in [0.4, 0.5) is 5.69 Å². The maximum Gasteiger partial charge on any atom is 0.339 e. The van der Waals surface area contributed by atoms with Crippen molar-refractivity contribution in [3.8, 4) is 11.5 Å². The molecule has 172 valence electrons. The van der Waals surface area contributed by atoms with Crippen molar-refractivity contribution < 1.29 is 33.7 Å². The summed E-state index contributed by atoms with van der Waals surface area (Å²) in [5.41, 5.74) is 0.454. The summed E-state index contributed by atoms with van der Waals surface area (Å²) < 4.78 is 15.7. The first-order chi connectivity index (χ1) is 15.8. The number of allylic oxidation sites excluding steroid dienone is 1. The highest BCUT2D eigenvalue weighted by atomic mass is 32.2. The Morgan fingerprint density at radius 2 is 1.85 bits per heavy atom. The van der Waals surface area contributed by atoms with Crippen molar-refractivity contribution in [3.05, 3.63) is 59.4 Å². The second-order valence-corrected chi connectivity index (χ2v) is 8.00. The van der Waals surface area contributed by atoms with Gasteiger partial charge in [0.1, 0.15) is 12.4 Å². The Balaban J connectivity index is 1.61. The minimum absolute atomic E-state index is 0.0331. The summed E-state index contributed by atoms with van der Waals surface area (Å²) >= 11 is 1.15. The van der Waals surface area contributed by atoms with E-state index in [1.54, 1.807) is 36.4 Å². The van der Waals surface area contributed by atoms with E-state index in [0.29, 0.717) is 22.1 Å². The molecule has 0 radical (unpaired) electrons. The smallest absolute Gasteiger partial charge is 0.339 e. The van der Waals surface area contributed by atoms with E-state index in [2.05, 4.69) is 5.32 Å². The van der Waals surface area contributed by atoms with Gasteiger partial charge in [0.25, 0.3) is 0 Å². The van der Waals surface area contributed by atoms with Crippen molar-refractivity contribution in [2.45, 2.75) is 18.7 Å². The van der Waals surface area contributed by atoms with Crippen LogP contribution in [0.5, 0.6) is 11.5 Å². The highest BCUT2D eigenvalue weighted by Gasteiger charge is 2.19. The number of fused-ring (bicyclic) bond motifs is 1. The van der Waals surface area contributed by atoms with Gasteiger partial charge in [0.2, 0.25) is 12.7 Å². The van der Waals surface area contributed by atoms with Crippen LogP contribution in [0.2, 0.25) is 0 Å². The molecule has 1 heterocycles. The fraction of sp³-hybridized carbons (Fsp3) is 0.217. The number of nitrogens with one attached hydrogen (secondary N) is 2. The minimum atomic E-state index is -0.730. The number of hydrogen-bond acceptors (Lipinski definition) is 9. The molecule has 2 aromatic rings. The monoisotopic (exact) mass is 470 g/mol. The lowest BCUT2D eigenvalue weighted by molar-refractivity contribution is -0.114. The molecule has 1 aliphatic rings. The summed E-state index contributed by atoms with van der Waals surface area (Å²) in [5, 5.41) is 20.4. The molecule has 0 aliphatic carbocycles. The van der Waals surface area contributed by atoms with Crippen LogP contribution in [0.1, 0.15) is 24.2 Å². The average Bonchev–Trinajstić information content (AvgIpc) is 3.23. The summed E-state index contributed by atoms with van der Waals surface area (Å²) in [6.07, 6.45) is 0. The molecule has 3 N–H and O–H groups in total. The zero-order chi connectivity index (χ0) is 24.0. The number of ether oxygens (including phenoxy) is 3. The van der Waals surface area contributed by atoms with Gasteiger partial charge in [-0.3, -0.25) is 9.59 Å². The molecule has 0 atom stereocenters. The highest BCUT2D eigenvalue weighted by Crippen LogP contribution is 2.34. The number of amides is 1. The number of carbonyl (C=O) groups is 3. The minimum Gasteiger partial charge on any atom is -0.508 e. The molecular formula is C23H22N2O7S. The predicted molar refractivity (Wildman–Crippen MR) is 122 cm³/mol. The molecule has 0 bridgehead atoms. The molecule has 10 heteroatoms.